The van der Waals surface area contributed by atoms with E-state index in [4.69, 9.17) is 0 Å². The van der Waals surface area contributed by atoms with Crippen molar-refractivity contribution in [3.8, 4) is 0 Å². The first-order valence-corrected chi connectivity index (χ1v) is 9.51. The first-order chi connectivity index (χ1) is 12.5. The molecule has 1 aliphatic heterocycles. The minimum absolute atomic E-state index is 0.0891. The maximum absolute atomic E-state index is 13.0. The zero-order valence-corrected chi connectivity index (χ0v) is 16.3. The highest BCUT2D eigenvalue weighted by atomic mass is 16.2. The van der Waals surface area contributed by atoms with Crippen molar-refractivity contribution in [2.45, 2.75) is 40.7 Å². The lowest BCUT2D eigenvalue weighted by Gasteiger charge is -2.35. The topological polar surface area (TPSA) is 54.3 Å². The van der Waals surface area contributed by atoms with Crippen molar-refractivity contribution >= 4 is 11.7 Å². The van der Waals surface area contributed by atoms with Crippen molar-refractivity contribution in [1.82, 2.24) is 19.7 Å². The normalized spacial score (nSPS) is 15.0. The van der Waals surface area contributed by atoms with Gasteiger partial charge in [0.2, 0.25) is 0 Å². The van der Waals surface area contributed by atoms with Crippen LogP contribution >= 0.6 is 0 Å². The number of pyridine rings is 1. The molecule has 0 atom stereocenters. The van der Waals surface area contributed by atoms with Crippen LogP contribution in [0.4, 0.5) is 5.82 Å². The maximum Gasteiger partial charge on any atom is 0.272 e. The lowest BCUT2D eigenvalue weighted by atomic mass is 10.1. The summed E-state index contributed by atoms with van der Waals surface area (Å²) in [4.78, 5) is 21.7. The number of carbonyl (C=O) groups is 1. The zero-order chi connectivity index (χ0) is 18.7. The SMILES string of the molecule is CCn1nc(CC(C)C)cc1C(=O)N1CCN(c2cc(C)ccn2)CC1. The van der Waals surface area contributed by atoms with Gasteiger partial charge in [-0.1, -0.05) is 13.8 Å². The van der Waals surface area contributed by atoms with Crippen molar-refractivity contribution < 1.29 is 4.79 Å². The van der Waals surface area contributed by atoms with Crippen molar-refractivity contribution in [1.29, 1.82) is 0 Å². The van der Waals surface area contributed by atoms with Crippen LogP contribution in [0.3, 0.4) is 0 Å². The molecule has 1 saturated heterocycles. The zero-order valence-electron chi connectivity index (χ0n) is 16.3. The summed E-state index contributed by atoms with van der Waals surface area (Å²) in [6.07, 6.45) is 2.75. The van der Waals surface area contributed by atoms with E-state index in [0.717, 1.165) is 31.0 Å². The summed E-state index contributed by atoms with van der Waals surface area (Å²) >= 11 is 0. The maximum atomic E-state index is 13.0. The summed E-state index contributed by atoms with van der Waals surface area (Å²) in [7, 11) is 0. The van der Waals surface area contributed by atoms with Crippen LogP contribution in [0.1, 0.15) is 42.5 Å². The van der Waals surface area contributed by atoms with Gasteiger partial charge in [0, 0.05) is 38.9 Å². The van der Waals surface area contributed by atoms with Crippen LogP contribution in [0.2, 0.25) is 0 Å². The van der Waals surface area contributed by atoms with Crippen LogP contribution in [0.25, 0.3) is 0 Å². The Morgan fingerprint density at radius 3 is 2.54 bits per heavy atom. The quantitative estimate of drug-likeness (QED) is 0.828. The van der Waals surface area contributed by atoms with E-state index >= 15 is 0 Å². The molecule has 0 bridgehead atoms. The van der Waals surface area contributed by atoms with E-state index in [1.807, 2.05) is 34.8 Å². The third kappa shape index (κ3) is 4.06. The summed E-state index contributed by atoms with van der Waals surface area (Å²) in [6, 6.07) is 6.08. The molecule has 1 aliphatic rings. The molecule has 3 rings (SSSR count). The van der Waals surface area contributed by atoms with Crippen LogP contribution in [0, 0.1) is 12.8 Å². The van der Waals surface area contributed by atoms with Gasteiger partial charge in [-0.05, 0) is 49.9 Å². The molecule has 26 heavy (non-hydrogen) atoms. The summed E-state index contributed by atoms with van der Waals surface area (Å²) in [5, 5.41) is 4.61. The first-order valence-electron chi connectivity index (χ1n) is 9.51. The van der Waals surface area contributed by atoms with Crippen LogP contribution in [-0.2, 0) is 13.0 Å². The van der Waals surface area contributed by atoms with E-state index in [2.05, 4.69) is 41.8 Å². The number of carbonyl (C=O) groups excluding carboxylic acids is 1. The predicted octanol–water partition coefficient (Wildman–Crippen LogP) is 2.77. The molecule has 0 aromatic carbocycles. The number of hydrogen-bond donors (Lipinski definition) is 0. The molecular formula is C20H29N5O. The van der Waals surface area contributed by atoms with Crippen molar-refractivity contribution in [2.75, 3.05) is 31.1 Å². The Kier molecular flexibility index (Phi) is 5.59. The standard InChI is InChI=1S/C20H29N5O/c1-5-25-18(14-17(22-25)12-15(2)3)20(26)24-10-8-23(9-11-24)19-13-16(4)6-7-21-19/h6-7,13-15H,5,8-12H2,1-4H3. The fourth-order valence-corrected chi connectivity index (χ4v) is 3.40. The molecule has 0 radical (unpaired) electrons. The highest BCUT2D eigenvalue weighted by molar-refractivity contribution is 5.93. The molecule has 2 aromatic rings. The van der Waals surface area contributed by atoms with Gasteiger partial charge in [-0.3, -0.25) is 9.48 Å². The Morgan fingerprint density at radius 1 is 1.19 bits per heavy atom. The first kappa shape index (κ1) is 18.4. The van der Waals surface area contributed by atoms with Crippen molar-refractivity contribution in [2.24, 2.45) is 5.92 Å². The number of aryl methyl sites for hydroxylation is 2. The second-order valence-corrected chi connectivity index (χ2v) is 7.41. The number of hydrogen-bond acceptors (Lipinski definition) is 4. The lowest BCUT2D eigenvalue weighted by molar-refractivity contribution is 0.0734. The monoisotopic (exact) mass is 355 g/mol. The highest BCUT2D eigenvalue weighted by Gasteiger charge is 2.25. The van der Waals surface area contributed by atoms with Gasteiger partial charge >= 0.3 is 0 Å². The second-order valence-electron chi connectivity index (χ2n) is 7.41. The highest BCUT2D eigenvalue weighted by Crippen LogP contribution is 2.17. The third-order valence-electron chi connectivity index (χ3n) is 4.76. The average molecular weight is 355 g/mol. The van der Waals surface area contributed by atoms with Gasteiger partial charge in [-0.25, -0.2) is 4.98 Å². The summed E-state index contributed by atoms with van der Waals surface area (Å²) in [5.41, 5.74) is 2.93. The molecule has 6 nitrogen and oxygen atoms in total. The summed E-state index contributed by atoms with van der Waals surface area (Å²) < 4.78 is 1.84. The fraction of sp³-hybridized carbons (Fsp3) is 0.550. The van der Waals surface area contributed by atoms with Gasteiger partial charge in [0.25, 0.3) is 5.91 Å². The number of nitrogens with zero attached hydrogens (tertiary/aromatic N) is 5. The van der Waals surface area contributed by atoms with E-state index in [9.17, 15) is 4.79 Å². The van der Waals surface area contributed by atoms with Gasteiger partial charge < -0.3 is 9.80 Å². The molecule has 0 saturated carbocycles. The number of anilines is 1. The Hall–Kier alpha value is -2.37. The molecule has 0 unspecified atom stereocenters. The molecule has 0 aliphatic carbocycles. The van der Waals surface area contributed by atoms with E-state index in [1.165, 1.54) is 5.56 Å². The van der Waals surface area contributed by atoms with E-state index in [0.29, 0.717) is 31.2 Å². The summed E-state index contributed by atoms with van der Waals surface area (Å²) in [6.45, 7) is 12.2. The number of rotatable bonds is 5. The molecule has 3 heterocycles. The molecular weight excluding hydrogens is 326 g/mol. The predicted molar refractivity (Wildman–Crippen MR) is 104 cm³/mol. The second kappa shape index (κ2) is 7.89. The largest absolute Gasteiger partial charge is 0.353 e. The van der Waals surface area contributed by atoms with Crippen LogP contribution < -0.4 is 4.90 Å². The van der Waals surface area contributed by atoms with E-state index < -0.39 is 0 Å². The van der Waals surface area contributed by atoms with Crippen LogP contribution in [0.15, 0.2) is 24.4 Å². The Bertz CT molecular complexity index is 759. The van der Waals surface area contributed by atoms with Crippen LogP contribution in [0.5, 0.6) is 0 Å². The Labute approximate surface area is 155 Å². The van der Waals surface area contributed by atoms with Gasteiger partial charge in [0.1, 0.15) is 11.5 Å². The van der Waals surface area contributed by atoms with Crippen molar-refractivity contribution in [3.05, 3.63) is 41.3 Å². The van der Waals surface area contributed by atoms with Crippen molar-refractivity contribution in [3.63, 3.8) is 0 Å². The molecule has 0 spiro atoms. The van der Waals surface area contributed by atoms with Gasteiger partial charge in [-0.15, -0.1) is 0 Å². The smallest absolute Gasteiger partial charge is 0.272 e. The third-order valence-corrected chi connectivity index (χ3v) is 4.76. The van der Waals surface area contributed by atoms with Gasteiger partial charge in [-0.2, -0.15) is 5.10 Å². The minimum atomic E-state index is 0.0891. The molecule has 2 aromatic heterocycles. The van der Waals surface area contributed by atoms with Gasteiger partial charge in [0.05, 0.1) is 5.69 Å². The van der Waals surface area contributed by atoms with Gasteiger partial charge in [0.15, 0.2) is 0 Å². The molecule has 0 N–H and O–H groups in total. The van der Waals surface area contributed by atoms with E-state index in [-0.39, 0.29) is 5.91 Å². The number of piperazine rings is 1. The number of aromatic nitrogens is 3. The average Bonchev–Trinajstić information content (AvgIpc) is 3.03. The Morgan fingerprint density at radius 2 is 1.92 bits per heavy atom. The fourth-order valence-electron chi connectivity index (χ4n) is 3.40. The minimum Gasteiger partial charge on any atom is -0.353 e. The molecule has 6 heteroatoms. The van der Waals surface area contributed by atoms with E-state index in [1.54, 1.807) is 0 Å². The lowest BCUT2D eigenvalue weighted by Crippen LogP contribution is -2.49. The molecule has 140 valence electrons. The Balaban J connectivity index is 1.67. The van der Waals surface area contributed by atoms with Crippen LogP contribution in [-0.4, -0.2) is 51.8 Å². The molecule has 1 amide bonds. The number of amides is 1. The summed E-state index contributed by atoms with van der Waals surface area (Å²) in [5.74, 6) is 1.62. The molecule has 1 fully saturated rings.